The Balaban J connectivity index is 1.75. The summed E-state index contributed by atoms with van der Waals surface area (Å²) in [4.78, 5) is 12.7. The molecule has 0 fully saturated rings. The maximum absolute atomic E-state index is 12.7. The van der Waals surface area contributed by atoms with E-state index in [-0.39, 0.29) is 17.8 Å². The second-order valence-corrected chi connectivity index (χ2v) is 10.4. The van der Waals surface area contributed by atoms with Gasteiger partial charge in [0.15, 0.2) is 17.1 Å². The first kappa shape index (κ1) is 25.8. The van der Waals surface area contributed by atoms with Gasteiger partial charge in [0.2, 0.25) is 5.91 Å². The minimum Gasteiger partial charge on any atom is -0.482 e. The van der Waals surface area contributed by atoms with Crippen molar-refractivity contribution in [3.8, 4) is 5.75 Å². The van der Waals surface area contributed by atoms with Crippen LogP contribution in [-0.2, 0) is 11.3 Å². The van der Waals surface area contributed by atoms with Gasteiger partial charge in [-0.2, -0.15) is 0 Å². The standard InChI is InChI=1S/C27H36N4O2S/c1-17(2)15-31-26(21(7)33-24-11-9-8-10-22(24)18(3)4)29-30-27(31)34-16-25(32)28-23-14-19(5)12-13-20(23)6/h8-14,17-18,21H,15-16H2,1-7H3,(H,28,32). The molecule has 0 radical (unpaired) electrons. The van der Waals surface area contributed by atoms with E-state index < -0.39 is 0 Å². The summed E-state index contributed by atoms with van der Waals surface area (Å²) in [6, 6.07) is 14.2. The minimum atomic E-state index is -0.274. The Morgan fingerprint density at radius 2 is 1.79 bits per heavy atom. The Labute approximate surface area is 207 Å². The van der Waals surface area contributed by atoms with Crippen molar-refractivity contribution < 1.29 is 9.53 Å². The Hall–Kier alpha value is -2.80. The van der Waals surface area contributed by atoms with Crippen molar-refractivity contribution in [2.45, 2.75) is 72.2 Å². The Kier molecular flexibility index (Phi) is 8.78. The molecule has 0 aliphatic rings. The van der Waals surface area contributed by atoms with Crippen molar-refractivity contribution in [3.05, 3.63) is 65.0 Å². The Bertz CT molecular complexity index is 1120. The number of carbonyl (C=O) groups is 1. The third kappa shape index (κ3) is 6.63. The lowest BCUT2D eigenvalue weighted by Gasteiger charge is -2.20. The Morgan fingerprint density at radius 1 is 1.06 bits per heavy atom. The summed E-state index contributed by atoms with van der Waals surface area (Å²) < 4.78 is 8.43. The molecule has 1 heterocycles. The molecule has 182 valence electrons. The third-order valence-electron chi connectivity index (χ3n) is 5.50. The Morgan fingerprint density at radius 3 is 2.50 bits per heavy atom. The minimum absolute atomic E-state index is 0.0606. The molecule has 1 unspecified atom stereocenters. The second kappa shape index (κ2) is 11.6. The van der Waals surface area contributed by atoms with Crippen molar-refractivity contribution in [1.29, 1.82) is 0 Å². The van der Waals surface area contributed by atoms with Gasteiger partial charge in [-0.05, 0) is 61.4 Å². The van der Waals surface area contributed by atoms with E-state index >= 15 is 0 Å². The van der Waals surface area contributed by atoms with Crippen molar-refractivity contribution in [3.63, 3.8) is 0 Å². The number of nitrogens with one attached hydrogen (secondary N) is 1. The quantitative estimate of drug-likeness (QED) is 0.333. The van der Waals surface area contributed by atoms with Crippen LogP contribution >= 0.6 is 11.8 Å². The number of thioether (sulfide) groups is 1. The number of anilines is 1. The number of ether oxygens (including phenoxy) is 1. The van der Waals surface area contributed by atoms with Crippen molar-refractivity contribution >= 4 is 23.4 Å². The van der Waals surface area contributed by atoms with Gasteiger partial charge in [0.25, 0.3) is 0 Å². The highest BCUT2D eigenvalue weighted by molar-refractivity contribution is 7.99. The molecule has 0 aliphatic heterocycles. The molecule has 1 N–H and O–H groups in total. The van der Waals surface area contributed by atoms with Gasteiger partial charge in [-0.15, -0.1) is 10.2 Å². The summed E-state index contributed by atoms with van der Waals surface area (Å²) in [6.07, 6.45) is -0.274. The number of benzene rings is 2. The number of rotatable bonds is 10. The number of hydrogen-bond donors (Lipinski definition) is 1. The fourth-order valence-corrected chi connectivity index (χ4v) is 4.49. The lowest BCUT2D eigenvalue weighted by molar-refractivity contribution is -0.113. The van der Waals surface area contributed by atoms with E-state index in [1.165, 1.54) is 17.3 Å². The first-order valence-corrected chi connectivity index (χ1v) is 12.8. The molecular weight excluding hydrogens is 444 g/mol. The highest BCUT2D eigenvalue weighted by atomic mass is 32.2. The second-order valence-electron chi connectivity index (χ2n) is 9.45. The fourth-order valence-electron chi connectivity index (χ4n) is 3.74. The molecule has 0 saturated heterocycles. The molecule has 2 aromatic carbocycles. The molecule has 1 amide bonds. The van der Waals surface area contributed by atoms with Crippen LogP contribution in [-0.4, -0.2) is 26.4 Å². The molecule has 1 atom stereocenters. The van der Waals surface area contributed by atoms with Crippen LogP contribution in [0.4, 0.5) is 5.69 Å². The molecule has 3 rings (SSSR count). The van der Waals surface area contributed by atoms with Gasteiger partial charge in [0.05, 0.1) is 5.75 Å². The average molecular weight is 481 g/mol. The van der Waals surface area contributed by atoms with Gasteiger partial charge in [0.1, 0.15) is 5.75 Å². The molecule has 0 aliphatic carbocycles. The maximum Gasteiger partial charge on any atom is 0.234 e. The van der Waals surface area contributed by atoms with E-state index in [1.807, 2.05) is 57.2 Å². The molecule has 6 nitrogen and oxygen atoms in total. The van der Waals surface area contributed by atoms with Crippen LogP contribution in [0.3, 0.4) is 0 Å². The predicted octanol–water partition coefficient (Wildman–Crippen LogP) is 6.55. The van der Waals surface area contributed by atoms with Crippen LogP contribution in [0.15, 0.2) is 47.6 Å². The van der Waals surface area contributed by atoms with Gasteiger partial charge in [-0.3, -0.25) is 4.79 Å². The van der Waals surface area contributed by atoms with Gasteiger partial charge in [-0.25, -0.2) is 0 Å². The van der Waals surface area contributed by atoms with E-state index in [4.69, 9.17) is 4.74 Å². The third-order valence-corrected chi connectivity index (χ3v) is 6.47. The fraction of sp³-hybridized carbons (Fsp3) is 0.444. The summed E-state index contributed by atoms with van der Waals surface area (Å²) in [5, 5.41) is 12.6. The van der Waals surface area contributed by atoms with Crippen LogP contribution in [0.1, 0.15) is 69.2 Å². The zero-order chi connectivity index (χ0) is 24.8. The molecule has 7 heteroatoms. The van der Waals surface area contributed by atoms with E-state index in [0.717, 1.165) is 40.1 Å². The van der Waals surface area contributed by atoms with E-state index in [2.05, 4.69) is 53.8 Å². The van der Waals surface area contributed by atoms with Crippen LogP contribution in [0.5, 0.6) is 5.75 Å². The maximum atomic E-state index is 12.7. The summed E-state index contributed by atoms with van der Waals surface area (Å²) in [5.74, 6) is 2.59. The summed E-state index contributed by atoms with van der Waals surface area (Å²) in [5.41, 5.74) is 4.17. The van der Waals surface area contributed by atoms with Gasteiger partial charge >= 0.3 is 0 Å². The summed E-state index contributed by atoms with van der Waals surface area (Å²) >= 11 is 1.40. The topological polar surface area (TPSA) is 69.0 Å². The lowest BCUT2D eigenvalue weighted by atomic mass is 10.0. The van der Waals surface area contributed by atoms with Crippen molar-refractivity contribution in [1.82, 2.24) is 14.8 Å². The summed E-state index contributed by atoms with van der Waals surface area (Å²) in [6.45, 7) is 15.4. The monoisotopic (exact) mass is 480 g/mol. The molecule has 0 bridgehead atoms. The number of aromatic nitrogens is 3. The first-order chi connectivity index (χ1) is 16.2. The van der Waals surface area contributed by atoms with Crippen LogP contribution in [0.2, 0.25) is 0 Å². The zero-order valence-corrected chi connectivity index (χ0v) is 22.1. The van der Waals surface area contributed by atoms with Crippen LogP contribution < -0.4 is 10.1 Å². The molecule has 3 aromatic rings. The lowest BCUT2D eigenvalue weighted by Crippen LogP contribution is -2.17. The van der Waals surface area contributed by atoms with E-state index in [0.29, 0.717) is 11.8 Å². The smallest absolute Gasteiger partial charge is 0.234 e. The highest BCUT2D eigenvalue weighted by Crippen LogP contribution is 2.31. The van der Waals surface area contributed by atoms with Gasteiger partial charge in [-0.1, -0.05) is 69.8 Å². The van der Waals surface area contributed by atoms with Crippen molar-refractivity contribution in [2.24, 2.45) is 5.92 Å². The number of carbonyl (C=O) groups excluding carboxylic acids is 1. The van der Waals surface area contributed by atoms with Crippen LogP contribution in [0.25, 0.3) is 0 Å². The number of aryl methyl sites for hydroxylation is 2. The molecular formula is C27H36N4O2S. The van der Waals surface area contributed by atoms with Gasteiger partial charge < -0.3 is 14.6 Å². The van der Waals surface area contributed by atoms with E-state index in [9.17, 15) is 4.79 Å². The molecule has 34 heavy (non-hydrogen) atoms. The largest absolute Gasteiger partial charge is 0.482 e. The van der Waals surface area contributed by atoms with E-state index in [1.54, 1.807) is 0 Å². The number of amides is 1. The first-order valence-electron chi connectivity index (χ1n) is 11.8. The normalized spacial score (nSPS) is 12.3. The zero-order valence-electron chi connectivity index (χ0n) is 21.3. The number of hydrogen-bond acceptors (Lipinski definition) is 5. The molecule has 0 spiro atoms. The number of para-hydroxylation sites is 1. The predicted molar refractivity (Wildman–Crippen MR) is 140 cm³/mol. The summed E-state index contributed by atoms with van der Waals surface area (Å²) in [7, 11) is 0. The van der Waals surface area contributed by atoms with Crippen molar-refractivity contribution in [2.75, 3.05) is 11.1 Å². The van der Waals surface area contributed by atoms with Gasteiger partial charge in [0, 0.05) is 12.2 Å². The number of nitrogens with zero attached hydrogens (tertiary/aromatic N) is 3. The SMILES string of the molecule is Cc1ccc(C)c(NC(=O)CSc2nnc(C(C)Oc3ccccc3C(C)C)n2CC(C)C)c1. The molecule has 1 aromatic heterocycles. The molecule has 0 saturated carbocycles. The highest BCUT2D eigenvalue weighted by Gasteiger charge is 2.22. The van der Waals surface area contributed by atoms with Crippen LogP contribution in [0, 0.1) is 19.8 Å². The average Bonchev–Trinajstić information content (AvgIpc) is 3.17.